The van der Waals surface area contributed by atoms with E-state index in [-0.39, 0.29) is 13.0 Å². The fourth-order valence-corrected chi connectivity index (χ4v) is 5.85. The molecule has 0 aliphatic carbocycles. The summed E-state index contributed by atoms with van der Waals surface area (Å²) in [6.45, 7) is -0.142. The van der Waals surface area contributed by atoms with Crippen LogP contribution in [0.1, 0.15) is 13.3 Å². The molecule has 20 heteroatoms. The Morgan fingerprint density at radius 1 is 1.03 bits per heavy atom. The first kappa shape index (κ1) is 29.5. The minimum Gasteiger partial charge on any atom is -0.394 e. The number of hydrogen-bond acceptors (Lipinski definition) is 14. The molecule has 208 valence electrons. The van der Waals surface area contributed by atoms with E-state index in [9.17, 15) is 48.9 Å². The second-order valence-electron chi connectivity index (χ2n) is 8.40. The first-order valence-corrected chi connectivity index (χ1v) is 13.6. The Morgan fingerprint density at radius 3 is 2.33 bits per heavy atom. The number of carbonyl (C=O) groups excluding carboxylic acids is 2. The lowest BCUT2D eigenvalue weighted by molar-refractivity contribution is -0.280. The average molecular weight is 566 g/mol. The molecule has 11 atom stereocenters. The topological polar surface area (TPSA) is 271 Å². The van der Waals surface area contributed by atoms with Crippen molar-refractivity contribution >= 4 is 27.6 Å². The van der Waals surface area contributed by atoms with Crippen LogP contribution < -0.4 is 5.32 Å². The maximum absolute atomic E-state index is 12.2. The Morgan fingerprint density at radius 2 is 1.69 bits per heavy atom. The molecule has 3 fully saturated rings. The number of hydrogen-bond donors (Lipinski definition) is 8. The molecule has 3 aliphatic rings. The second-order valence-corrected chi connectivity index (χ2v) is 11.4. The van der Waals surface area contributed by atoms with E-state index < -0.39 is 95.9 Å². The third-order valence-electron chi connectivity index (χ3n) is 5.65. The monoisotopic (exact) mass is 566 g/mol. The number of imide groups is 1. The van der Waals surface area contributed by atoms with Crippen LogP contribution in [0.2, 0.25) is 0 Å². The van der Waals surface area contributed by atoms with Gasteiger partial charge in [0, 0.05) is 13.0 Å². The Bertz CT molecular complexity index is 921. The van der Waals surface area contributed by atoms with E-state index >= 15 is 0 Å². The van der Waals surface area contributed by atoms with Crippen LogP contribution in [0.3, 0.4) is 0 Å². The molecule has 0 bridgehead atoms. The minimum absolute atomic E-state index is 0.000218. The van der Waals surface area contributed by atoms with Crippen molar-refractivity contribution < 1.29 is 76.9 Å². The third-order valence-corrected chi connectivity index (χ3v) is 8.26. The fourth-order valence-electron chi connectivity index (χ4n) is 3.69. The van der Waals surface area contributed by atoms with Crippen LogP contribution >= 0.6 is 15.6 Å². The molecule has 0 aromatic heterocycles. The maximum atomic E-state index is 12.2. The largest absolute Gasteiger partial charge is 0.483 e. The fraction of sp³-hybridized carbons (Fsp3) is 0.875. The Hall–Kier alpha value is -1.08. The zero-order valence-electron chi connectivity index (χ0n) is 18.7. The summed E-state index contributed by atoms with van der Waals surface area (Å²) in [6, 6.07) is -0.750. The van der Waals surface area contributed by atoms with Crippen LogP contribution in [0.15, 0.2) is 0 Å². The molecule has 18 nitrogen and oxygen atoms in total. The number of urea groups is 1. The summed E-state index contributed by atoms with van der Waals surface area (Å²) in [7, 11) is -10.9. The van der Waals surface area contributed by atoms with Gasteiger partial charge in [0.05, 0.1) is 25.2 Å². The molecule has 3 heterocycles. The highest BCUT2D eigenvalue weighted by Gasteiger charge is 2.49. The van der Waals surface area contributed by atoms with E-state index in [4.69, 9.17) is 14.6 Å². The van der Waals surface area contributed by atoms with Crippen LogP contribution in [-0.2, 0) is 36.8 Å². The normalized spacial score (nSPS) is 41.0. The van der Waals surface area contributed by atoms with E-state index in [1.54, 1.807) is 6.92 Å². The standard InChI is InChI=1S/C16H28N2O16P2/c1-6-3-18(16(25)17-14(6)24)10-2-7(20)9(31-10)5-30-35(26,27)34-36(28,29)33-15-13(23)12(22)11(21)8(4-19)32-15/h6-13,15,19-23H,2-5H2,1H3,(H,26,27)(H,28,29)(H,17,24,25). The van der Waals surface area contributed by atoms with E-state index in [0.29, 0.717) is 0 Å². The summed E-state index contributed by atoms with van der Waals surface area (Å²) in [5, 5.41) is 50.7. The number of carbonyl (C=O) groups is 2. The summed E-state index contributed by atoms with van der Waals surface area (Å²) in [4.78, 5) is 44.4. The molecule has 3 rings (SSSR count). The molecule has 0 spiro atoms. The van der Waals surface area contributed by atoms with Crippen LogP contribution in [0.5, 0.6) is 0 Å². The molecule has 11 unspecified atom stereocenters. The minimum atomic E-state index is -5.53. The van der Waals surface area contributed by atoms with Gasteiger partial charge in [0.2, 0.25) is 5.91 Å². The molecule has 0 saturated carbocycles. The summed E-state index contributed by atoms with van der Waals surface area (Å²) in [6.07, 6.45) is -13.2. The number of phosphoric ester groups is 2. The van der Waals surface area contributed by atoms with E-state index in [0.717, 1.165) is 4.90 Å². The highest BCUT2D eigenvalue weighted by atomic mass is 31.3. The van der Waals surface area contributed by atoms with Gasteiger partial charge in [-0.3, -0.25) is 24.1 Å². The number of aliphatic hydroxyl groups excluding tert-OH is 5. The first-order chi connectivity index (χ1) is 16.6. The van der Waals surface area contributed by atoms with Gasteiger partial charge in [-0.2, -0.15) is 4.31 Å². The summed E-state index contributed by atoms with van der Waals surface area (Å²) in [5.74, 6) is -1.03. The smallest absolute Gasteiger partial charge is 0.394 e. The van der Waals surface area contributed by atoms with Gasteiger partial charge >= 0.3 is 21.7 Å². The highest BCUT2D eigenvalue weighted by Crippen LogP contribution is 2.61. The number of aliphatic hydroxyl groups is 5. The van der Waals surface area contributed by atoms with Crippen LogP contribution in [0.25, 0.3) is 0 Å². The average Bonchev–Trinajstić information content (AvgIpc) is 3.14. The van der Waals surface area contributed by atoms with Crippen molar-refractivity contribution in [3.05, 3.63) is 0 Å². The van der Waals surface area contributed by atoms with Crippen molar-refractivity contribution in [2.45, 2.75) is 62.5 Å². The molecule has 36 heavy (non-hydrogen) atoms. The van der Waals surface area contributed by atoms with Crippen LogP contribution in [0, 0.1) is 5.92 Å². The summed E-state index contributed by atoms with van der Waals surface area (Å²) in [5.41, 5.74) is 0. The van der Waals surface area contributed by atoms with Gasteiger partial charge in [0.25, 0.3) is 0 Å². The lowest BCUT2D eigenvalue weighted by atomic mass is 10.00. The second kappa shape index (κ2) is 11.3. The van der Waals surface area contributed by atoms with Crippen molar-refractivity contribution in [1.29, 1.82) is 0 Å². The van der Waals surface area contributed by atoms with Gasteiger partial charge in [0.15, 0.2) is 6.29 Å². The molecule has 3 saturated heterocycles. The quantitative estimate of drug-likeness (QED) is 0.127. The Balaban J connectivity index is 1.54. The molecule has 3 amide bonds. The predicted octanol–water partition coefficient (Wildman–Crippen LogP) is -3.30. The van der Waals surface area contributed by atoms with Gasteiger partial charge in [0.1, 0.15) is 36.7 Å². The van der Waals surface area contributed by atoms with E-state index in [1.807, 2.05) is 0 Å². The van der Waals surface area contributed by atoms with Crippen molar-refractivity contribution in [2.24, 2.45) is 5.92 Å². The van der Waals surface area contributed by atoms with Crippen molar-refractivity contribution in [2.75, 3.05) is 19.8 Å². The van der Waals surface area contributed by atoms with Gasteiger partial charge in [-0.1, -0.05) is 6.92 Å². The summed E-state index contributed by atoms with van der Waals surface area (Å²) < 4.78 is 47.9. The molecule has 8 N–H and O–H groups in total. The van der Waals surface area contributed by atoms with Crippen molar-refractivity contribution in [3.8, 4) is 0 Å². The lowest BCUT2D eigenvalue weighted by Gasteiger charge is -2.39. The maximum Gasteiger partial charge on any atom is 0.483 e. The number of nitrogens with zero attached hydrogens (tertiary/aromatic N) is 1. The van der Waals surface area contributed by atoms with Gasteiger partial charge in [-0.15, -0.1) is 0 Å². The number of rotatable bonds is 9. The summed E-state index contributed by atoms with van der Waals surface area (Å²) >= 11 is 0. The van der Waals surface area contributed by atoms with E-state index in [2.05, 4.69) is 18.7 Å². The van der Waals surface area contributed by atoms with Crippen LogP contribution in [-0.4, -0.2) is 121 Å². The highest BCUT2D eigenvalue weighted by molar-refractivity contribution is 7.61. The number of ether oxygens (including phenoxy) is 2. The van der Waals surface area contributed by atoms with Crippen molar-refractivity contribution in [3.63, 3.8) is 0 Å². The van der Waals surface area contributed by atoms with Gasteiger partial charge < -0.3 is 44.8 Å². The third kappa shape index (κ3) is 6.86. The number of amides is 3. The predicted molar refractivity (Wildman–Crippen MR) is 110 cm³/mol. The van der Waals surface area contributed by atoms with Gasteiger partial charge in [-0.05, 0) is 0 Å². The molecular formula is C16H28N2O16P2. The molecule has 0 aromatic carbocycles. The lowest BCUT2D eigenvalue weighted by Crippen LogP contribution is -2.58. The number of phosphoric acid groups is 2. The zero-order chi connectivity index (χ0) is 27.0. The van der Waals surface area contributed by atoms with Crippen molar-refractivity contribution in [1.82, 2.24) is 10.2 Å². The first-order valence-electron chi connectivity index (χ1n) is 10.6. The Labute approximate surface area is 203 Å². The molecule has 0 aromatic rings. The van der Waals surface area contributed by atoms with Crippen LogP contribution in [0.4, 0.5) is 4.79 Å². The van der Waals surface area contributed by atoms with Gasteiger partial charge in [-0.25, -0.2) is 13.9 Å². The molecule has 0 radical (unpaired) electrons. The number of nitrogens with one attached hydrogen (secondary N) is 1. The zero-order valence-corrected chi connectivity index (χ0v) is 20.5. The molecule has 3 aliphatic heterocycles. The SMILES string of the molecule is CC1CN(C2CC(O)C(COP(=O)(O)OP(=O)(O)OC3OC(CO)C(O)C(O)C3O)O2)C(=O)NC1=O. The van der Waals surface area contributed by atoms with E-state index in [1.165, 1.54) is 0 Å². The molecular weight excluding hydrogens is 538 g/mol. The Kier molecular flexibility index (Phi) is 9.29.